The van der Waals surface area contributed by atoms with Gasteiger partial charge in [-0.2, -0.15) is 0 Å². The lowest BCUT2D eigenvalue weighted by Gasteiger charge is -2.19. The van der Waals surface area contributed by atoms with E-state index in [0.29, 0.717) is 0 Å². The van der Waals surface area contributed by atoms with Crippen LogP contribution in [0, 0.1) is 29.1 Å². The summed E-state index contributed by atoms with van der Waals surface area (Å²) in [6.45, 7) is 0. The van der Waals surface area contributed by atoms with Crippen LogP contribution in [0.15, 0.2) is 30.3 Å². The fourth-order valence-electron chi connectivity index (χ4n) is 2.07. The number of rotatable bonds is 6. The molecule has 0 aliphatic carbocycles. The molecule has 11 heteroatoms. The van der Waals surface area contributed by atoms with Crippen LogP contribution in [0.2, 0.25) is 0 Å². The molecule has 0 aromatic heterocycles. The highest BCUT2D eigenvalue weighted by atomic mass is 31.2. The van der Waals surface area contributed by atoms with Crippen LogP contribution in [-0.2, 0) is 20.0 Å². The fourth-order valence-corrected chi connectivity index (χ4v) is 3.36. The zero-order chi connectivity index (χ0) is 19.6. The van der Waals surface area contributed by atoms with Crippen molar-refractivity contribution in [3.05, 3.63) is 70.5 Å². The van der Waals surface area contributed by atoms with Gasteiger partial charge in [-0.25, -0.2) is 26.7 Å². The maximum Gasteiger partial charge on any atom is 0.338 e. The zero-order valence-corrected chi connectivity index (χ0v) is 13.5. The minimum atomic E-state index is -5.12. The molecule has 26 heavy (non-hydrogen) atoms. The number of hydrogen-bond acceptors (Lipinski definition) is 3. The molecule has 2 atom stereocenters. The van der Waals surface area contributed by atoms with E-state index in [1.165, 1.54) is 30.3 Å². The Hall–Kier alpha value is -2.29. The first-order valence-corrected chi connectivity index (χ1v) is 8.59. The minimum Gasteiger partial charge on any atom is -0.479 e. The van der Waals surface area contributed by atoms with Crippen LogP contribution >= 0.6 is 7.60 Å². The normalized spacial score (nSPS) is 14.7. The van der Waals surface area contributed by atoms with Gasteiger partial charge in [0, 0.05) is 5.56 Å². The number of carbonyl (C=O) groups is 1. The van der Waals surface area contributed by atoms with E-state index < -0.39 is 60.5 Å². The predicted octanol–water partition coefficient (Wildman–Crippen LogP) is 3.91. The third kappa shape index (κ3) is 4.09. The second-order valence-electron chi connectivity index (χ2n) is 5.08. The van der Waals surface area contributed by atoms with Crippen LogP contribution in [0.1, 0.15) is 17.2 Å². The molecule has 2 aromatic rings. The van der Waals surface area contributed by atoms with E-state index in [4.69, 9.17) is 5.11 Å². The fraction of sp³-hybridized carbons (Fsp3) is 0.133. The molecule has 0 radical (unpaired) electrons. The van der Waals surface area contributed by atoms with Crippen LogP contribution in [0.5, 0.6) is 0 Å². The summed E-state index contributed by atoms with van der Waals surface area (Å²) >= 11 is 0. The highest BCUT2D eigenvalue weighted by molar-refractivity contribution is 7.52. The maximum atomic E-state index is 13.6. The van der Waals surface area contributed by atoms with Gasteiger partial charge >= 0.3 is 13.6 Å². The molecule has 0 saturated carbocycles. The number of aliphatic carboxylic acids is 1. The third-order valence-electron chi connectivity index (χ3n) is 3.26. The number of halogens is 5. The van der Waals surface area contributed by atoms with Gasteiger partial charge in [-0.1, -0.05) is 30.3 Å². The van der Waals surface area contributed by atoms with Gasteiger partial charge in [0.25, 0.3) is 0 Å². The predicted molar refractivity (Wildman–Crippen MR) is 77.7 cm³/mol. The molecular formula is C15H10F5O5P. The van der Waals surface area contributed by atoms with Crippen molar-refractivity contribution in [2.24, 2.45) is 0 Å². The molecule has 2 N–H and O–H groups in total. The second-order valence-corrected chi connectivity index (χ2v) is 6.88. The molecule has 0 aliphatic rings. The average molecular weight is 396 g/mol. The quantitative estimate of drug-likeness (QED) is 0.335. The molecule has 2 unspecified atom stereocenters. The van der Waals surface area contributed by atoms with E-state index in [-0.39, 0.29) is 5.56 Å². The van der Waals surface area contributed by atoms with Crippen molar-refractivity contribution in [2.75, 3.05) is 0 Å². The lowest BCUT2D eigenvalue weighted by Crippen LogP contribution is -2.15. The summed E-state index contributed by atoms with van der Waals surface area (Å²) < 4.78 is 83.2. The van der Waals surface area contributed by atoms with Gasteiger partial charge in [0.15, 0.2) is 29.4 Å². The van der Waals surface area contributed by atoms with Gasteiger partial charge in [0.1, 0.15) is 0 Å². The molecule has 2 rings (SSSR count). The van der Waals surface area contributed by atoms with Crippen molar-refractivity contribution in [1.29, 1.82) is 0 Å². The maximum absolute atomic E-state index is 13.6. The summed E-state index contributed by atoms with van der Waals surface area (Å²) in [6, 6.07) is 6.83. The molecule has 0 aliphatic heterocycles. The Balaban J connectivity index is 2.37. The summed E-state index contributed by atoms with van der Waals surface area (Å²) in [5, 5.41) is 9.11. The summed E-state index contributed by atoms with van der Waals surface area (Å²) in [7, 11) is -5.12. The summed E-state index contributed by atoms with van der Waals surface area (Å²) in [6.07, 6.45) is -3.61. The SMILES string of the molecule is O=C(O)C(OP(=O)(O)Cc1c(F)c(F)c(F)c(F)c1F)c1ccccc1. The monoisotopic (exact) mass is 396 g/mol. The first kappa shape index (κ1) is 20.0. The molecule has 0 bridgehead atoms. The molecule has 0 spiro atoms. The highest BCUT2D eigenvalue weighted by Crippen LogP contribution is 2.51. The van der Waals surface area contributed by atoms with Crippen molar-refractivity contribution < 1.29 is 45.8 Å². The number of hydrogen-bond donors (Lipinski definition) is 2. The Labute approximate surface area is 143 Å². The molecule has 5 nitrogen and oxygen atoms in total. The first-order chi connectivity index (χ1) is 12.0. The Morgan fingerprint density at radius 1 is 0.962 bits per heavy atom. The molecule has 0 saturated heterocycles. The van der Waals surface area contributed by atoms with E-state index in [0.717, 1.165) is 0 Å². The van der Waals surface area contributed by atoms with Gasteiger partial charge in [-0.15, -0.1) is 0 Å². The minimum absolute atomic E-state index is 0.0633. The van der Waals surface area contributed by atoms with Crippen molar-refractivity contribution >= 4 is 13.6 Å². The third-order valence-corrected chi connectivity index (χ3v) is 4.51. The van der Waals surface area contributed by atoms with Crippen LogP contribution < -0.4 is 0 Å². The van der Waals surface area contributed by atoms with Crippen LogP contribution in [0.25, 0.3) is 0 Å². The zero-order valence-electron chi connectivity index (χ0n) is 12.6. The summed E-state index contributed by atoms with van der Waals surface area (Å²) in [4.78, 5) is 21.0. The van der Waals surface area contributed by atoms with Crippen molar-refractivity contribution in [3.8, 4) is 0 Å². The number of carboxylic acid groups (broad SMARTS) is 1. The summed E-state index contributed by atoms with van der Waals surface area (Å²) in [5.74, 6) is -13.3. The van der Waals surface area contributed by atoms with Crippen molar-refractivity contribution in [1.82, 2.24) is 0 Å². The Morgan fingerprint density at radius 2 is 1.42 bits per heavy atom. The lowest BCUT2D eigenvalue weighted by molar-refractivity contribution is -0.145. The first-order valence-electron chi connectivity index (χ1n) is 6.83. The van der Waals surface area contributed by atoms with E-state index >= 15 is 0 Å². The standard InChI is InChI=1S/C15H10F5O5P/c16-9-8(10(17)12(19)13(20)11(9)18)6-26(23,24)25-14(15(21)22)7-4-2-1-3-5-7/h1-5,14H,6H2,(H,21,22)(H,23,24). The number of benzene rings is 2. The van der Waals surface area contributed by atoms with Gasteiger partial charge in [-0.05, 0) is 5.56 Å². The Bertz CT molecular complexity index is 861. The molecule has 140 valence electrons. The lowest BCUT2D eigenvalue weighted by atomic mass is 10.1. The van der Waals surface area contributed by atoms with E-state index in [1.807, 2.05) is 0 Å². The van der Waals surface area contributed by atoms with Crippen LogP contribution in [-0.4, -0.2) is 16.0 Å². The van der Waals surface area contributed by atoms with Crippen LogP contribution in [0.4, 0.5) is 22.0 Å². The van der Waals surface area contributed by atoms with Gasteiger partial charge < -0.3 is 10.00 Å². The molecule has 2 aromatic carbocycles. The average Bonchev–Trinajstić information content (AvgIpc) is 2.60. The summed E-state index contributed by atoms with van der Waals surface area (Å²) in [5.41, 5.74) is -1.64. The van der Waals surface area contributed by atoms with Crippen LogP contribution in [0.3, 0.4) is 0 Å². The van der Waals surface area contributed by atoms with Crippen molar-refractivity contribution in [3.63, 3.8) is 0 Å². The van der Waals surface area contributed by atoms with Gasteiger partial charge in [0.2, 0.25) is 5.82 Å². The molecule has 0 amide bonds. The Morgan fingerprint density at radius 3 is 1.88 bits per heavy atom. The second kappa shape index (κ2) is 7.53. The molecule has 0 heterocycles. The topological polar surface area (TPSA) is 83.8 Å². The van der Waals surface area contributed by atoms with Gasteiger partial charge in [0.05, 0.1) is 6.16 Å². The highest BCUT2D eigenvalue weighted by Gasteiger charge is 2.35. The molecular weight excluding hydrogens is 386 g/mol. The Kier molecular flexibility index (Phi) is 5.80. The van der Waals surface area contributed by atoms with E-state index in [2.05, 4.69) is 4.52 Å². The van der Waals surface area contributed by atoms with Gasteiger partial charge in [-0.3, -0.25) is 9.09 Å². The smallest absolute Gasteiger partial charge is 0.338 e. The largest absolute Gasteiger partial charge is 0.479 e. The van der Waals surface area contributed by atoms with E-state index in [1.54, 1.807) is 0 Å². The number of carboxylic acids is 1. The van der Waals surface area contributed by atoms with E-state index in [9.17, 15) is 36.2 Å². The molecule has 0 fully saturated rings. The van der Waals surface area contributed by atoms with Crippen molar-refractivity contribution in [2.45, 2.75) is 12.3 Å².